The van der Waals surface area contributed by atoms with Gasteiger partial charge in [-0.15, -0.1) is 0 Å². The van der Waals surface area contributed by atoms with E-state index in [1.54, 1.807) is 11.0 Å². The topological polar surface area (TPSA) is 32.3 Å². The number of benzene rings is 1. The molecule has 3 nitrogen and oxygen atoms in total. The SMILES string of the molecule is C[C@H]1C[C@@H](C(=O)N(C)Cc2ccc(Cl)c(Cl)c2)CCN1. The van der Waals surface area contributed by atoms with Crippen molar-refractivity contribution in [3.63, 3.8) is 0 Å². The van der Waals surface area contributed by atoms with E-state index in [0.29, 0.717) is 22.6 Å². The molecule has 1 aliphatic rings. The fourth-order valence-electron chi connectivity index (χ4n) is 2.66. The van der Waals surface area contributed by atoms with Gasteiger partial charge in [0.05, 0.1) is 10.0 Å². The van der Waals surface area contributed by atoms with E-state index in [9.17, 15) is 4.79 Å². The van der Waals surface area contributed by atoms with Crippen LogP contribution in [0.1, 0.15) is 25.3 Å². The van der Waals surface area contributed by atoms with Crippen LogP contribution in [0.5, 0.6) is 0 Å². The molecule has 5 heteroatoms. The minimum Gasteiger partial charge on any atom is -0.341 e. The summed E-state index contributed by atoms with van der Waals surface area (Å²) in [4.78, 5) is 14.2. The lowest BCUT2D eigenvalue weighted by Gasteiger charge is -2.30. The summed E-state index contributed by atoms with van der Waals surface area (Å²) >= 11 is 11.9. The Labute approximate surface area is 130 Å². The smallest absolute Gasteiger partial charge is 0.225 e. The fraction of sp³-hybridized carbons (Fsp3) is 0.533. The van der Waals surface area contributed by atoms with Gasteiger partial charge in [-0.05, 0) is 44.0 Å². The number of carbonyl (C=O) groups excluding carboxylic acids is 1. The number of carbonyl (C=O) groups is 1. The lowest BCUT2D eigenvalue weighted by molar-refractivity contribution is -0.135. The van der Waals surface area contributed by atoms with E-state index in [1.807, 2.05) is 19.2 Å². The lowest BCUT2D eigenvalue weighted by atomic mass is 9.92. The van der Waals surface area contributed by atoms with Crippen LogP contribution in [0, 0.1) is 5.92 Å². The molecule has 1 aromatic rings. The standard InChI is InChI=1S/C15H20Cl2N2O/c1-10-7-12(5-6-18-10)15(20)19(2)9-11-3-4-13(16)14(17)8-11/h3-4,8,10,12,18H,5-7,9H2,1-2H3/t10-,12-/m0/s1. The second kappa shape index (κ2) is 6.79. The van der Waals surface area contributed by atoms with Gasteiger partial charge in [-0.2, -0.15) is 0 Å². The molecule has 1 aromatic carbocycles. The van der Waals surface area contributed by atoms with E-state index in [-0.39, 0.29) is 11.8 Å². The third kappa shape index (κ3) is 3.87. The van der Waals surface area contributed by atoms with Crippen LogP contribution >= 0.6 is 23.2 Å². The molecule has 1 N–H and O–H groups in total. The maximum Gasteiger partial charge on any atom is 0.225 e. The molecule has 0 unspecified atom stereocenters. The van der Waals surface area contributed by atoms with Crippen molar-refractivity contribution >= 4 is 29.1 Å². The highest BCUT2D eigenvalue weighted by molar-refractivity contribution is 6.42. The van der Waals surface area contributed by atoms with Gasteiger partial charge in [-0.25, -0.2) is 0 Å². The first kappa shape index (κ1) is 15.6. The molecule has 110 valence electrons. The number of amides is 1. The van der Waals surface area contributed by atoms with Gasteiger partial charge in [0.25, 0.3) is 0 Å². The molecule has 1 fully saturated rings. The summed E-state index contributed by atoms with van der Waals surface area (Å²) in [6, 6.07) is 5.91. The molecule has 1 heterocycles. The summed E-state index contributed by atoms with van der Waals surface area (Å²) in [6.45, 7) is 3.60. The van der Waals surface area contributed by atoms with Gasteiger partial charge in [-0.3, -0.25) is 4.79 Å². The second-order valence-corrected chi connectivity index (χ2v) is 6.33. The number of piperidine rings is 1. The van der Waals surface area contributed by atoms with Crippen molar-refractivity contribution in [1.29, 1.82) is 0 Å². The van der Waals surface area contributed by atoms with Gasteiger partial charge in [0.1, 0.15) is 0 Å². The summed E-state index contributed by atoms with van der Waals surface area (Å²) < 4.78 is 0. The van der Waals surface area contributed by atoms with E-state index in [2.05, 4.69) is 12.2 Å². The van der Waals surface area contributed by atoms with Crippen molar-refractivity contribution in [2.45, 2.75) is 32.4 Å². The Bertz CT molecular complexity index is 493. The van der Waals surface area contributed by atoms with E-state index < -0.39 is 0 Å². The Morgan fingerprint density at radius 2 is 2.15 bits per heavy atom. The zero-order valence-corrected chi connectivity index (χ0v) is 13.3. The van der Waals surface area contributed by atoms with Crippen LogP contribution in [0.15, 0.2) is 18.2 Å². The van der Waals surface area contributed by atoms with Crippen molar-refractivity contribution in [2.75, 3.05) is 13.6 Å². The average Bonchev–Trinajstić information content (AvgIpc) is 2.42. The predicted octanol–water partition coefficient (Wildman–Crippen LogP) is 3.34. The number of halogens is 2. The summed E-state index contributed by atoms with van der Waals surface area (Å²) in [6.07, 6.45) is 1.82. The molecular formula is C15H20Cl2N2O. The van der Waals surface area contributed by atoms with Crippen molar-refractivity contribution in [3.8, 4) is 0 Å². The molecule has 1 amide bonds. The molecule has 1 aliphatic heterocycles. The zero-order valence-electron chi connectivity index (χ0n) is 11.8. The molecule has 20 heavy (non-hydrogen) atoms. The normalized spacial score (nSPS) is 22.6. The second-order valence-electron chi connectivity index (χ2n) is 5.52. The number of nitrogens with zero attached hydrogens (tertiary/aromatic N) is 1. The Hall–Kier alpha value is -0.770. The molecule has 0 aliphatic carbocycles. The third-order valence-corrected chi connectivity index (χ3v) is 4.49. The van der Waals surface area contributed by atoms with Crippen LogP contribution in [0.2, 0.25) is 10.0 Å². The first-order chi connectivity index (χ1) is 9.47. The Morgan fingerprint density at radius 1 is 1.40 bits per heavy atom. The highest BCUT2D eigenvalue weighted by Crippen LogP contribution is 2.24. The largest absolute Gasteiger partial charge is 0.341 e. The maximum absolute atomic E-state index is 12.4. The monoisotopic (exact) mass is 314 g/mol. The number of rotatable bonds is 3. The maximum atomic E-state index is 12.4. The first-order valence-corrected chi connectivity index (χ1v) is 7.65. The summed E-state index contributed by atoms with van der Waals surface area (Å²) in [5.41, 5.74) is 0.997. The number of nitrogens with one attached hydrogen (secondary N) is 1. The van der Waals surface area contributed by atoms with Gasteiger partial charge < -0.3 is 10.2 Å². The Kier molecular flexibility index (Phi) is 5.30. The minimum absolute atomic E-state index is 0.124. The van der Waals surface area contributed by atoms with Crippen LogP contribution < -0.4 is 5.32 Å². The van der Waals surface area contributed by atoms with E-state index in [0.717, 1.165) is 24.9 Å². The van der Waals surface area contributed by atoms with Crippen molar-refractivity contribution in [3.05, 3.63) is 33.8 Å². The van der Waals surface area contributed by atoms with E-state index >= 15 is 0 Å². The fourth-order valence-corrected chi connectivity index (χ4v) is 2.98. The third-order valence-electron chi connectivity index (χ3n) is 3.75. The molecule has 0 saturated carbocycles. The molecule has 1 saturated heterocycles. The van der Waals surface area contributed by atoms with Crippen molar-refractivity contribution in [2.24, 2.45) is 5.92 Å². The van der Waals surface area contributed by atoms with Gasteiger partial charge in [0.2, 0.25) is 5.91 Å². The summed E-state index contributed by atoms with van der Waals surface area (Å²) in [5, 5.41) is 4.43. The summed E-state index contributed by atoms with van der Waals surface area (Å²) in [7, 11) is 1.84. The highest BCUT2D eigenvalue weighted by Gasteiger charge is 2.26. The Balaban J connectivity index is 1.98. The van der Waals surface area contributed by atoms with Gasteiger partial charge >= 0.3 is 0 Å². The van der Waals surface area contributed by atoms with Crippen LogP contribution in [0.25, 0.3) is 0 Å². The van der Waals surface area contributed by atoms with Crippen molar-refractivity contribution < 1.29 is 4.79 Å². The van der Waals surface area contributed by atoms with Crippen LogP contribution in [-0.2, 0) is 11.3 Å². The minimum atomic E-state index is 0.124. The molecule has 0 radical (unpaired) electrons. The quantitative estimate of drug-likeness (QED) is 0.928. The van der Waals surface area contributed by atoms with Gasteiger partial charge in [-0.1, -0.05) is 29.3 Å². The summed E-state index contributed by atoms with van der Waals surface area (Å²) in [5.74, 6) is 0.337. The zero-order chi connectivity index (χ0) is 14.7. The number of hydrogen-bond donors (Lipinski definition) is 1. The number of hydrogen-bond acceptors (Lipinski definition) is 2. The molecular weight excluding hydrogens is 295 g/mol. The molecule has 2 rings (SSSR count). The van der Waals surface area contributed by atoms with Gasteiger partial charge in [0.15, 0.2) is 0 Å². The van der Waals surface area contributed by atoms with Crippen LogP contribution in [-0.4, -0.2) is 30.4 Å². The van der Waals surface area contributed by atoms with Crippen molar-refractivity contribution in [1.82, 2.24) is 10.2 Å². The van der Waals surface area contributed by atoms with E-state index in [4.69, 9.17) is 23.2 Å². The highest BCUT2D eigenvalue weighted by atomic mass is 35.5. The average molecular weight is 315 g/mol. The van der Waals surface area contributed by atoms with Gasteiger partial charge in [0, 0.05) is 25.6 Å². The molecule has 2 atom stereocenters. The molecule has 0 bridgehead atoms. The predicted molar refractivity (Wildman–Crippen MR) is 83.1 cm³/mol. The lowest BCUT2D eigenvalue weighted by Crippen LogP contribution is -2.42. The van der Waals surface area contributed by atoms with Crippen LogP contribution in [0.3, 0.4) is 0 Å². The first-order valence-electron chi connectivity index (χ1n) is 6.89. The Morgan fingerprint density at radius 3 is 2.80 bits per heavy atom. The molecule has 0 spiro atoms. The van der Waals surface area contributed by atoms with E-state index in [1.165, 1.54) is 0 Å². The van der Waals surface area contributed by atoms with Crippen LogP contribution in [0.4, 0.5) is 0 Å². The molecule has 0 aromatic heterocycles.